The lowest BCUT2D eigenvalue weighted by atomic mass is 10.3. The smallest absolute Gasteiger partial charge is 0.306 e. The predicted molar refractivity (Wildman–Crippen MR) is 74.8 cm³/mol. The summed E-state index contributed by atoms with van der Waals surface area (Å²) in [7, 11) is -2.29. The third kappa shape index (κ3) is 6.39. The quantitative estimate of drug-likeness (QED) is 0.401. The van der Waals surface area contributed by atoms with Crippen LogP contribution < -0.4 is 15.2 Å². The van der Waals surface area contributed by atoms with E-state index in [9.17, 15) is 13.2 Å². The Morgan fingerprint density at radius 1 is 1.40 bits per heavy atom. The molecule has 0 bridgehead atoms. The summed E-state index contributed by atoms with van der Waals surface area (Å²) >= 11 is 0. The summed E-state index contributed by atoms with van der Waals surface area (Å²) < 4.78 is 35.1. The molecule has 7 nitrogen and oxygen atoms in total. The van der Waals surface area contributed by atoms with Gasteiger partial charge in [0, 0.05) is 18.3 Å². The molecule has 0 unspecified atom stereocenters. The molecule has 1 rings (SSSR count). The van der Waals surface area contributed by atoms with Gasteiger partial charge in [-0.1, -0.05) is 6.07 Å². The highest BCUT2D eigenvalue weighted by Gasteiger charge is 2.12. The van der Waals surface area contributed by atoms with E-state index in [1.807, 2.05) is 0 Å². The summed E-state index contributed by atoms with van der Waals surface area (Å²) in [4.78, 5) is 10.9. The summed E-state index contributed by atoms with van der Waals surface area (Å²) in [6.07, 6.45) is -0.179. The van der Waals surface area contributed by atoms with Crippen LogP contribution in [0.1, 0.15) is 6.42 Å². The van der Waals surface area contributed by atoms with Gasteiger partial charge in [0.1, 0.15) is 12.4 Å². The molecule has 0 heterocycles. The van der Waals surface area contributed by atoms with Crippen LogP contribution in [0.5, 0.6) is 5.75 Å². The first kappa shape index (κ1) is 16.3. The standard InChI is InChI=1S/C12H18N2O5S/c1-18-12(15)5-8-20(16,17)14-6-7-19-11-4-2-3-10(13)9-11/h2-4,9,14H,5-8,13H2,1H3. The number of hydrogen-bond acceptors (Lipinski definition) is 6. The van der Waals surface area contributed by atoms with Crippen LogP contribution in [0.25, 0.3) is 0 Å². The van der Waals surface area contributed by atoms with Crippen molar-refractivity contribution in [2.75, 3.05) is 31.7 Å². The molecule has 0 amide bonds. The Morgan fingerprint density at radius 2 is 2.15 bits per heavy atom. The van der Waals surface area contributed by atoms with Crippen LogP contribution in [0.4, 0.5) is 5.69 Å². The third-order valence-electron chi connectivity index (χ3n) is 2.35. The zero-order valence-corrected chi connectivity index (χ0v) is 12.0. The summed E-state index contributed by atoms with van der Waals surface area (Å²) in [6, 6.07) is 6.83. The van der Waals surface area contributed by atoms with Crippen LogP contribution in [0.2, 0.25) is 0 Å². The van der Waals surface area contributed by atoms with Crippen molar-refractivity contribution in [3.63, 3.8) is 0 Å². The van der Waals surface area contributed by atoms with Crippen molar-refractivity contribution in [2.45, 2.75) is 6.42 Å². The highest BCUT2D eigenvalue weighted by atomic mass is 32.2. The molecular formula is C12H18N2O5S. The minimum absolute atomic E-state index is 0.109. The fraction of sp³-hybridized carbons (Fsp3) is 0.417. The van der Waals surface area contributed by atoms with Crippen LogP contribution in [0, 0.1) is 0 Å². The number of carbonyl (C=O) groups excluding carboxylic acids is 1. The first-order valence-corrected chi connectivity index (χ1v) is 7.60. The van der Waals surface area contributed by atoms with Gasteiger partial charge >= 0.3 is 5.97 Å². The lowest BCUT2D eigenvalue weighted by molar-refractivity contribution is -0.140. The third-order valence-corrected chi connectivity index (χ3v) is 3.74. The second kappa shape index (κ2) is 7.71. The molecule has 0 atom stereocenters. The average molecular weight is 302 g/mol. The zero-order chi connectivity index (χ0) is 15.0. The molecule has 0 aliphatic heterocycles. The molecule has 8 heteroatoms. The van der Waals surface area contributed by atoms with Gasteiger partial charge in [-0.15, -0.1) is 0 Å². The number of benzene rings is 1. The number of nitrogens with two attached hydrogens (primary N) is 1. The van der Waals surface area contributed by atoms with Crippen molar-refractivity contribution < 1.29 is 22.7 Å². The van der Waals surface area contributed by atoms with Gasteiger partial charge in [0.2, 0.25) is 10.0 Å². The van der Waals surface area contributed by atoms with E-state index in [4.69, 9.17) is 10.5 Å². The van der Waals surface area contributed by atoms with Gasteiger partial charge < -0.3 is 15.2 Å². The molecule has 0 saturated heterocycles. The molecule has 0 aliphatic rings. The van der Waals surface area contributed by atoms with Gasteiger partial charge in [-0.05, 0) is 12.1 Å². The number of anilines is 1. The number of carbonyl (C=O) groups is 1. The van der Waals surface area contributed by atoms with Crippen molar-refractivity contribution in [3.05, 3.63) is 24.3 Å². The highest BCUT2D eigenvalue weighted by molar-refractivity contribution is 7.89. The normalized spacial score (nSPS) is 11.1. The van der Waals surface area contributed by atoms with E-state index in [1.165, 1.54) is 7.11 Å². The number of nitrogen functional groups attached to an aromatic ring is 1. The van der Waals surface area contributed by atoms with Crippen LogP contribution in [0.15, 0.2) is 24.3 Å². The number of esters is 1. The molecule has 0 radical (unpaired) electrons. The molecule has 0 spiro atoms. The summed E-state index contributed by atoms with van der Waals surface area (Å²) in [5.74, 6) is -0.303. The summed E-state index contributed by atoms with van der Waals surface area (Å²) in [6.45, 7) is 0.277. The van der Waals surface area contributed by atoms with E-state index in [2.05, 4.69) is 9.46 Å². The van der Waals surface area contributed by atoms with Gasteiger partial charge in [0.05, 0.1) is 19.3 Å². The first-order chi connectivity index (χ1) is 9.43. The number of rotatable bonds is 8. The topological polar surface area (TPSA) is 108 Å². The Kier molecular flexibility index (Phi) is 6.26. The van der Waals surface area contributed by atoms with Crippen molar-refractivity contribution >= 4 is 21.7 Å². The second-order valence-electron chi connectivity index (χ2n) is 3.96. The Hall–Kier alpha value is -1.80. The second-order valence-corrected chi connectivity index (χ2v) is 5.89. The molecule has 0 aliphatic carbocycles. The molecule has 112 valence electrons. The first-order valence-electron chi connectivity index (χ1n) is 5.95. The molecule has 0 aromatic heterocycles. The molecule has 0 saturated carbocycles. The highest BCUT2D eigenvalue weighted by Crippen LogP contribution is 2.13. The van der Waals surface area contributed by atoms with Gasteiger partial charge in [-0.2, -0.15) is 0 Å². The van der Waals surface area contributed by atoms with Gasteiger partial charge in [0.15, 0.2) is 0 Å². The van der Waals surface area contributed by atoms with Gasteiger partial charge in [0.25, 0.3) is 0 Å². The molecule has 3 N–H and O–H groups in total. The Bertz CT molecular complexity index is 545. The van der Waals surface area contributed by atoms with E-state index < -0.39 is 16.0 Å². The van der Waals surface area contributed by atoms with E-state index in [-0.39, 0.29) is 25.3 Å². The Labute approximate surface area is 118 Å². The molecule has 1 aromatic rings. The number of hydrogen-bond donors (Lipinski definition) is 2. The maximum Gasteiger partial charge on any atom is 0.306 e. The van der Waals surface area contributed by atoms with Crippen molar-refractivity contribution in [2.24, 2.45) is 0 Å². The minimum Gasteiger partial charge on any atom is -0.492 e. The molecular weight excluding hydrogens is 284 g/mol. The zero-order valence-electron chi connectivity index (χ0n) is 11.2. The monoisotopic (exact) mass is 302 g/mol. The number of methoxy groups -OCH3 is 1. The maximum atomic E-state index is 11.5. The summed E-state index contributed by atoms with van der Waals surface area (Å²) in [5.41, 5.74) is 6.15. The Morgan fingerprint density at radius 3 is 2.80 bits per heavy atom. The van der Waals surface area contributed by atoms with Gasteiger partial charge in [-0.25, -0.2) is 13.1 Å². The largest absolute Gasteiger partial charge is 0.492 e. The lowest BCUT2D eigenvalue weighted by Gasteiger charge is -2.08. The Balaban J connectivity index is 2.28. The maximum absolute atomic E-state index is 11.5. The SMILES string of the molecule is COC(=O)CCS(=O)(=O)NCCOc1cccc(N)c1. The fourth-order valence-corrected chi connectivity index (χ4v) is 2.34. The number of nitrogens with one attached hydrogen (secondary N) is 1. The lowest BCUT2D eigenvalue weighted by Crippen LogP contribution is -2.31. The minimum atomic E-state index is -3.50. The van der Waals surface area contributed by atoms with Crippen molar-refractivity contribution in [1.29, 1.82) is 0 Å². The van der Waals surface area contributed by atoms with Crippen molar-refractivity contribution in [3.8, 4) is 5.75 Å². The van der Waals surface area contributed by atoms with E-state index in [0.717, 1.165) is 0 Å². The van der Waals surface area contributed by atoms with Crippen LogP contribution >= 0.6 is 0 Å². The van der Waals surface area contributed by atoms with Crippen molar-refractivity contribution in [1.82, 2.24) is 4.72 Å². The van der Waals surface area contributed by atoms with E-state index in [0.29, 0.717) is 11.4 Å². The number of sulfonamides is 1. The fourth-order valence-electron chi connectivity index (χ4n) is 1.36. The van der Waals surface area contributed by atoms with Crippen LogP contribution in [-0.2, 0) is 19.6 Å². The molecule has 0 fully saturated rings. The van der Waals surface area contributed by atoms with E-state index in [1.54, 1.807) is 24.3 Å². The number of ether oxygens (including phenoxy) is 2. The van der Waals surface area contributed by atoms with E-state index >= 15 is 0 Å². The van der Waals surface area contributed by atoms with Crippen LogP contribution in [-0.4, -0.2) is 40.4 Å². The van der Waals surface area contributed by atoms with Gasteiger partial charge in [-0.3, -0.25) is 4.79 Å². The average Bonchev–Trinajstić information content (AvgIpc) is 2.41. The summed E-state index contributed by atoms with van der Waals surface area (Å²) in [5, 5.41) is 0. The molecule has 20 heavy (non-hydrogen) atoms. The van der Waals surface area contributed by atoms with Crippen LogP contribution in [0.3, 0.4) is 0 Å². The molecule has 1 aromatic carbocycles. The predicted octanol–water partition coefficient (Wildman–Crippen LogP) is 0.130.